The van der Waals surface area contributed by atoms with Crippen molar-refractivity contribution in [3.63, 3.8) is 0 Å². The van der Waals surface area contributed by atoms with Crippen molar-refractivity contribution in [2.75, 3.05) is 19.8 Å². The van der Waals surface area contributed by atoms with Gasteiger partial charge in [0.15, 0.2) is 0 Å². The van der Waals surface area contributed by atoms with Crippen LogP contribution in [0.4, 0.5) is 0 Å². The van der Waals surface area contributed by atoms with Crippen molar-refractivity contribution in [2.45, 2.75) is 13.8 Å². The van der Waals surface area contributed by atoms with Crippen molar-refractivity contribution in [2.24, 2.45) is 5.92 Å². The van der Waals surface area contributed by atoms with Gasteiger partial charge in [-0.05, 0) is 25.5 Å². The van der Waals surface area contributed by atoms with Crippen molar-refractivity contribution in [1.29, 1.82) is 0 Å². The second-order valence-electron chi connectivity index (χ2n) is 3.67. The molecule has 0 aromatic rings. The molecule has 1 rings (SSSR count). The first-order chi connectivity index (χ1) is 6.74. The lowest BCUT2D eigenvalue weighted by atomic mass is 10.1. The summed E-state index contributed by atoms with van der Waals surface area (Å²) in [5.74, 6) is 0.670. The third-order valence-electron chi connectivity index (χ3n) is 2.20. The maximum absolute atomic E-state index is 5.11. The van der Waals surface area contributed by atoms with Gasteiger partial charge in [0, 0.05) is 18.2 Å². The number of hydrogen-bond acceptors (Lipinski definition) is 2. The Hall–Kier alpha value is -1.02. The quantitative estimate of drug-likeness (QED) is 0.676. The summed E-state index contributed by atoms with van der Waals surface area (Å²) in [6.07, 6.45) is 6.09. The molecule has 0 radical (unpaired) electrons. The van der Waals surface area contributed by atoms with Crippen molar-refractivity contribution in [3.05, 3.63) is 36.1 Å². The Bertz CT molecular complexity index is 249. The molecule has 2 heteroatoms. The van der Waals surface area contributed by atoms with Crippen LogP contribution in [0.5, 0.6) is 0 Å². The fraction of sp³-hybridized carbons (Fsp3) is 0.500. The van der Waals surface area contributed by atoms with Gasteiger partial charge >= 0.3 is 0 Å². The molecule has 1 saturated heterocycles. The predicted molar refractivity (Wildman–Crippen MR) is 60.0 cm³/mol. The molecule has 14 heavy (non-hydrogen) atoms. The van der Waals surface area contributed by atoms with E-state index < -0.39 is 0 Å². The van der Waals surface area contributed by atoms with Crippen molar-refractivity contribution >= 4 is 0 Å². The topological polar surface area (TPSA) is 21.3 Å². The highest BCUT2D eigenvalue weighted by molar-refractivity contribution is 5.28. The maximum atomic E-state index is 5.11. The molecule has 0 unspecified atom stereocenters. The van der Waals surface area contributed by atoms with Gasteiger partial charge in [-0.1, -0.05) is 18.7 Å². The van der Waals surface area contributed by atoms with Crippen molar-refractivity contribution < 1.29 is 4.74 Å². The molecular formula is C12H19NO. The zero-order valence-electron chi connectivity index (χ0n) is 9.05. The van der Waals surface area contributed by atoms with Gasteiger partial charge in [-0.15, -0.1) is 0 Å². The van der Waals surface area contributed by atoms with Gasteiger partial charge in [-0.3, -0.25) is 0 Å². The summed E-state index contributed by atoms with van der Waals surface area (Å²) in [6.45, 7) is 10.7. The Labute approximate surface area is 86.3 Å². The summed E-state index contributed by atoms with van der Waals surface area (Å²) in [7, 11) is 0. The lowest BCUT2D eigenvalue weighted by Crippen LogP contribution is -2.36. The van der Waals surface area contributed by atoms with E-state index >= 15 is 0 Å². The number of hydrogen-bond donors (Lipinski definition) is 1. The van der Waals surface area contributed by atoms with Gasteiger partial charge in [-0.25, -0.2) is 0 Å². The van der Waals surface area contributed by atoms with E-state index in [1.54, 1.807) is 0 Å². The largest absolute Gasteiger partial charge is 0.384 e. The highest BCUT2D eigenvalue weighted by Crippen LogP contribution is 2.10. The van der Waals surface area contributed by atoms with E-state index in [4.69, 9.17) is 4.74 Å². The van der Waals surface area contributed by atoms with Crippen LogP contribution >= 0.6 is 0 Å². The van der Waals surface area contributed by atoms with E-state index in [1.165, 1.54) is 0 Å². The summed E-state index contributed by atoms with van der Waals surface area (Å²) >= 11 is 0. The summed E-state index contributed by atoms with van der Waals surface area (Å²) in [5, 5.41) is 3.39. The van der Waals surface area contributed by atoms with Crippen LogP contribution in [0.15, 0.2) is 36.1 Å². The van der Waals surface area contributed by atoms with E-state index in [-0.39, 0.29) is 0 Å². The minimum atomic E-state index is 0.670. The third kappa shape index (κ3) is 3.38. The molecule has 1 aliphatic heterocycles. The molecule has 0 atom stereocenters. The van der Waals surface area contributed by atoms with E-state index in [9.17, 15) is 0 Å². The number of nitrogens with one attached hydrogen (secondary N) is 1. The first-order valence-corrected chi connectivity index (χ1v) is 5.04. The fourth-order valence-corrected chi connectivity index (χ4v) is 1.20. The summed E-state index contributed by atoms with van der Waals surface area (Å²) in [4.78, 5) is 0. The number of ether oxygens (including phenoxy) is 1. The molecule has 1 heterocycles. The van der Waals surface area contributed by atoms with Crippen molar-refractivity contribution in [1.82, 2.24) is 5.32 Å². The Morgan fingerprint density at radius 1 is 1.57 bits per heavy atom. The Kier molecular flexibility index (Phi) is 4.47. The first kappa shape index (κ1) is 11.1. The van der Waals surface area contributed by atoms with E-state index in [0.717, 1.165) is 31.0 Å². The Morgan fingerprint density at radius 2 is 2.29 bits per heavy atom. The van der Waals surface area contributed by atoms with Crippen LogP contribution in [0.25, 0.3) is 0 Å². The van der Waals surface area contributed by atoms with E-state index in [2.05, 4.69) is 18.0 Å². The highest BCUT2D eigenvalue weighted by atomic mass is 16.5. The van der Waals surface area contributed by atoms with Crippen LogP contribution in [0, 0.1) is 5.92 Å². The first-order valence-electron chi connectivity index (χ1n) is 5.04. The SMILES string of the molecule is C=C(C)/C(=C\C=C/C)NCC1COC1. The predicted octanol–water partition coefficient (Wildman–Crippen LogP) is 2.26. The minimum Gasteiger partial charge on any atom is -0.384 e. The average Bonchev–Trinajstić information content (AvgIpc) is 2.07. The second-order valence-corrected chi connectivity index (χ2v) is 3.67. The smallest absolute Gasteiger partial charge is 0.0533 e. The zero-order valence-corrected chi connectivity index (χ0v) is 9.05. The molecule has 0 aromatic carbocycles. The van der Waals surface area contributed by atoms with Gasteiger partial charge in [0.25, 0.3) is 0 Å². The zero-order chi connectivity index (χ0) is 10.4. The van der Waals surface area contributed by atoms with E-state index in [1.807, 2.05) is 26.0 Å². The molecule has 0 aliphatic carbocycles. The lowest BCUT2D eigenvalue weighted by molar-refractivity contribution is -0.0295. The van der Waals surface area contributed by atoms with Gasteiger partial charge in [0.2, 0.25) is 0 Å². The average molecular weight is 193 g/mol. The molecule has 78 valence electrons. The lowest BCUT2D eigenvalue weighted by Gasteiger charge is -2.27. The van der Waals surface area contributed by atoms with Crippen LogP contribution < -0.4 is 5.32 Å². The molecule has 0 amide bonds. The molecule has 0 saturated carbocycles. The summed E-state index contributed by atoms with van der Waals surface area (Å²) in [6, 6.07) is 0. The number of allylic oxidation sites excluding steroid dienone is 4. The molecular weight excluding hydrogens is 174 g/mol. The molecule has 0 aromatic heterocycles. The third-order valence-corrected chi connectivity index (χ3v) is 2.20. The Morgan fingerprint density at radius 3 is 2.71 bits per heavy atom. The van der Waals surface area contributed by atoms with E-state index in [0.29, 0.717) is 5.92 Å². The van der Waals surface area contributed by atoms with Crippen LogP contribution in [0.2, 0.25) is 0 Å². The van der Waals surface area contributed by atoms with Gasteiger partial charge < -0.3 is 10.1 Å². The molecule has 1 fully saturated rings. The minimum absolute atomic E-state index is 0.670. The standard InChI is InChI=1S/C12H19NO/c1-4-5-6-12(10(2)3)13-7-11-8-14-9-11/h4-6,11,13H,2,7-9H2,1,3H3/b5-4-,12-6+. The van der Waals surface area contributed by atoms with Gasteiger partial charge in [-0.2, -0.15) is 0 Å². The Balaban J connectivity index is 2.38. The highest BCUT2D eigenvalue weighted by Gasteiger charge is 2.17. The van der Waals surface area contributed by atoms with Crippen LogP contribution in [0.3, 0.4) is 0 Å². The maximum Gasteiger partial charge on any atom is 0.0533 e. The molecule has 1 aliphatic rings. The van der Waals surface area contributed by atoms with Crippen LogP contribution in [-0.2, 0) is 4.74 Å². The molecule has 0 bridgehead atoms. The van der Waals surface area contributed by atoms with Crippen LogP contribution in [-0.4, -0.2) is 19.8 Å². The molecule has 2 nitrogen and oxygen atoms in total. The second kappa shape index (κ2) is 5.66. The summed E-state index contributed by atoms with van der Waals surface area (Å²) < 4.78 is 5.11. The summed E-state index contributed by atoms with van der Waals surface area (Å²) in [5.41, 5.74) is 2.19. The normalized spacial score (nSPS) is 18.3. The van der Waals surface area contributed by atoms with Gasteiger partial charge in [0.05, 0.1) is 13.2 Å². The molecule has 0 spiro atoms. The molecule has 1 N–H and O–H groups in total. The monoisotopic (exact) mass is 193 g/mol. The fourth-order valence-electron chi connectivity index (χ4n) is 1.20. The number of rotatable bonds is 5. The van der Waals surface area contributed by atoms with Crippen molar-refractivity contribution in [3.8, 4) is 0 Å². The van der Waals surface area contributed by atoms with Crippen LogP contribution in [0.1, 0.15) is 13.8 Å². The van der Waals surface area contributed by atoms with Gasteiger partial charge in [0.1, 0.15) is 0 Å².